The Morgan fingerprint density at radius 1 is 1.17 bits per heavy atom. The van der Waals surface area contributed by atoms with E-state index >= 15 is 0 Å². The van der Waals surface area contributed by atoms with Crippen LogP contribution < -0.4 is 5.32 Å². The van der Waals surface area contributed by atoms with Crippen molar-refractivity contribution >= 4 is 0 Å². The smallest absolute Gasteiger partial charge is 0.162 e. The zero-order valence-corrected chi connectivity index (χ0v) is 10.7. The average Bonchev–Trinajstić information content (AvgIpc) is 2.89. The Morgan fingerprint density at radius 3 is 2.83 bits per heavy atom. The van der Waals surface area contributed by atoms with E-state index in [0.717, 1.165) is 19.6 Å². The second kappa shape index (κ2) is 5.83. The summed E-state index contributed by atoms with van der Waals surface area (Å²) in [5, 5.41) is 3.54. The van der Waals surface area contributed by atoms with E-state index in [4.69, 9.17) is 9.47 Å². The third-order valence-corrected chi connectivity index (χ3v) is 3.82. The van der Waals surface area contributed by atoms with Crippen LogP contribution in [0.5, 0.6) is 0 Å². The van der Waals surface area contributed by atoms with Crippen LogP contribution in [0.1, 0.15) is 24.8 Å². The van der Waals surface area contributed by atoms with Crippen molar-refractivity contribution in [3.05, 3.63) is 35.9 Å². The fourth-order valence-corrected chi connectivity index (χ4v) is 2.80. The van der Waals surface area contributed by atoms with E-state index in [-0.39, 0.29) is 12.4 Å². The monoisotopic (exact) mass is 247 g/mol. The second-order valence-electron chi connectivity index (χ2n) is 5.18. The first kappa shape index (κ1) is 12.2. The van der Waals surface area contributed by atoms with E-state index in [2.05, 4.69) is 29.6 Å². The topological polar surface area (TPSA) is 30.5 Å². The van der Waals surface area contributed by atoms with Crippen LogP contribution in [0, 0.1) is 0 Å². The van der Waals surface area contributed by atoms with Gasteiger partial charge in [-0.2, -0.15) is 0 Å². The lowest BCUT2D eigenvalue weighted by atomic mass is 10.0. The van der Waals surface area contributed by atoms with Gasteiger partial charge in [-0.05, 0) is 24.9 Å². The van der Waals surface area contributed by atoms with Gasteiger partial charge in [0.1, 0.15) is 0 Å². The Bertz CT molecular complexity index is 362. The molecule has 2 aliphatic rings. The molecule has 2 aliphatic heterocycles. The third kappa shape index (κ3) is 2.91. The molecule has 0 aliphatic carbocycles. The zero-order chi connectivity index (χ0) is 12.2. The van der Waals surface area contributed by atoms with Gasteiger partial charge in [0.15, 0.2) is 6.29 Å². The van der Waals surface area contributed by atoms with Crippen LogP contribution in [-0.4, -0.2) is 31.6 Å². The Labute approximate surface area is 108 Å². The number of piperidine rings is 1. The Balaban J connectivity index is 1.52. The first-order valence-corrected chi connectivity index (χ1v) is 6.96. The average molecular weight is 247 g/mol. The highest BCUT2D eigenvalue weighted by Crippen LogP contribution is 2.22. The molecule has 98 valence electrons. The first-order valence-electron chi connectivity index (χ1n) is 6.96. The lowest BCUT2D eigenvalue weighted by molar-refractivity contribution is -0.0625. The van der Waals surface area contributed by atoms with Gasteiger partial charge in [0, 0.05) is 12.5 Å². The number of hydrogen-bond acceptors (Lipinski definition) is 3. The summed E-state index contributed by atoms with van der Waals surface area (Å²) in [6.45, 7) is 1.85. The maximum atomic E-state index is 6.02. The Kier molecular flexibility index (Phi) is 3.93. The molecule has 0 bridgehead atoms. The summed E-state index contributed by atoms with van der Waals surface area (Å²) in [4.78, 5) is 0. The molecular weight excluding hydrogens is 226 g/mol. The standard InChI is InChI=1S/C15H21NO2/c1-2-6-12(7-3-1)10-15-17-11-14(18-15)13-8-4-5-9-16-13/h1-3,6-7,13-16H,4-5,8-11H2/t13-,14+,15-/m1/s1. The molecule has 3 atom stereocenters. The van der Waals surface area contributed by atoms with Crippen LogP contribution in [0.25, 0.3) is 0 Å². The van der Waals surface area contributed by atoms with Crippen LogP contribution in [0.3, 0.4) is 0 Å². The lowest BCUT2D eigenvalue weighted by Gasteiger charge is -2.27. The van der Waals surface area contributed by atoms with Crippen molar-refractivity contribution < 1.29 is 9.47 Å². The summed E-state index contributed by atoms with van der Waals surface area (Å²) in [6, 6.07) is 10.9. The minimum atomic E-state index is -0.0684. The molecule has 0 amide bonds. The van der Waals surface area contributed by atoms with Crippen molar-refractivity contribution in [3.8, 4) is 0 Å². The largest absolute Gasteiger partial charge is 0.350 e. The minimum Gasteiger partial charge on any atom is -0.350 e. The lowest BCUT2D eigenvalue weighted by Crippen LogP contribution is -2.44. The van der Waals surface area contributed by atoms with E-state index in [1.807, 2.05) is 6.07 Å². The normalized spacial score (nSPS) is 32.6. The van der Waals surface area contributed by atoms with Gasteiger partial charge < -0.3 is 14.8 Å². The van der Waals surface area contributed by atoms with Gasteiger partial charge in [-0.25, -0.2) is 0 Å². The van der Waals surface area contributed by atoms with E-state index in [9.17, 15) is 0 Å². The molecule has 0 saturated carbocycles. The summed E-state index contributed by atoms with van der Waals surface area (Å²) in [6.07, 6.45) is 4.83. The molecule has 1 N–H and O–H groups in total. The summed E-state index contributed by atoms with van der Waals surface area (Å²) < 4.78 is 11.8. The van der Waals surface area contributed by atoms with Crippen LogP contribution in [0.15, 0.2) is 30.3 Å². The van der Waals surface area contributed by atoms with E-state index < -0.39 is 0 Å². The predicted molar refractivity (Wildman–Crippen MR) is 70.4 cm³/mol. The molecule has 0 aromatic heterocycles. The van der Waals surface area contributed by atoms with Crippen LogP contribution in [-0.2, 0) is 15.9 Å². The molecule has 1 aromatic carbocycles. The molecule has 2 heterocycles. The zero-order valence-electron chi connectivity index (χ0n) is 10.7. The molecule has 2 saturated heterocycles. The second-order valence-corrected chi connectivity index (χ2v) is 5.18. The fourth-order valence-electron chi connectivity index (χ4n) is 2.80. The van der Waals surface area contributed by atoms with Crippen molar-refractivity contribution in [1.29, 1.82) is 0 Å². The molecule has 3 heteroatoms. The summed E-state index contributed by atoms with van der Waals surface area (Å²) in [7, 11) is 0. The Hall–Kier alpha value is -0.900. The van der Waals surface area contributed by atoms with Gasteiger partial charge in [-0.15, -0.1) is 0 Å². The molecule has 3 nitrogen and oxygen atoms in total. The highest BCUT2D eigenvalue weighted by molar-refractivity contribution is 5.15. The van der Waals surface area contributed by atoms with Gasteiger partial charge in [0.05, 0.1) is 12.7 Å². The van der Waals surface area contributed by atoms with Crippen LogP contribution in [0.4, 0.5) is 0 Å². The van der Waals surface area contributed by atoms with Crippen molar-refractivity contribution in [2.75, 3.05) is 13.2 Å². The van der Waals surface area contributed by atoms with Gasteiger partial charge in [-0.1, -0.05) is 36.8 Å². The molecule has 18 heavy (non-hydrogen) atoms. The molecule has 1 aromatic rings. The molecule has 0 radical (unpaired) electrons. The van der Waals surface area contributed by atoms with Gasteiger partial charge in [0.25, 0.3) is 0 Å². The number of benzene rings is 1. The third-order valence-electron chi connectivity index (χ3n) is 3.82. The highest BCUT2D eigenvalue weighted by atomic mass is 16.7. The number of nitrogens with one attached hydrogen (secondary N) is 1. The quantitative estimate of drug-likeness (QED) is 0.887. The number of rotatable bonds is 3. The number of ether oxygens (including phenoxy) is 2. The Morgan fingerprint density at radius 2 is 2.06 bits per heavy atom. The van der Waals surface area contributed by atoms with E-state index in [1.54, 1.807) is 0 Å². The van der Waals surface area contributed by atoms with Gasteiger partial charge in [0.2, 0.25) is 0 Å². The van der Waals surface area contributed by atoms with Gasteiger partial charge in [-0.3, -0.25) is 0 Å². The van der Waals surface area contributed by atoms with Crippen molar-refractivity contribution in [3.63, 3.8) is 0 Å². The first-order chi connectivity index (χ1) is 8.92. The summed E-state index contributed by atoms with van der Waals surface area (Å²) in [5.74, 6) is 0. The van der Waals surface area contributed by atoms with Gasteiger partial charge >= 0.3 is 0 Å². The number of hydrogen-bond donors (Lipinski definition) is 1. The summed E-state index contributed by atoms with van der Waals surface area (Å²) >= 11 is 0. The van der Waals surface area contributed by atoms with Crippen molar-refractivity contribution in [2.24, 2.45) is 0 Å². The minimum absolute atomic E-state index is 0.0684. The molecule has 2 fully saturated rings. The molecule has 0 unspecified atom stereocenters. The van der Waals surface area contributed by atoms with Crippen molar-refractivity contribution in [2.45, 2.75) is 44.1 Å². The van der Waals surface area contributed by atoms with E-state index in [0.29, 0.717) is 6.04 Å². The molecule has 3 rings (SSSR count). The highest BCUT2D eigenvalue weighted by Gasteiger charge is 2.32. The SMILES string of the molecule is c1ccc(C[C@@H]2OC[C@@H]([C@H]3CCCCN3)O2)cc1. The van der Waals surface area contributed by atoms with Crippen LogP contribution in [0.2, 0.25) is 0 Å². The van der Waals surface area contributed by atoms with E-state index in [1.165, 1.54) is 24.8 Å². The predicted octanol–water partition coefficient (Wildman–Crippen LogP) is 2.11. The maximum Gasteiger partial charge on any atom is 0.162 e. The molecular formula is C15H21NO2. The summed E-state index contributed by atoms with van der Waals surface area (Å²) in [5.41, 5.74) is 1.28. The molecule has 0 spiro atoms. The van der Waals surface area contributed by atoms with Crippen LogP contribution >= 0.6 is 0 Å². The fraction of sp³-hybridized carbons (Fsp3) is 0.600. The van der Waals surface area contributed by atoms with Crippen molar-refractivity contribution in [1.82, 2.24) is 5.32 Å². The maximum absolute atomic E-state index is 6.02.